The van der Waals surface area contributed by atoms with Crippen LogP contribution in [0.15, 0.2) is 41.6 Å². The quantitative estimate of drug-likeness (QED) is 0.834. The number of hydrogen-bond acceptors (Lipinski definition) is 4. The fraction of sp³-hybridized carbons (Fsp3) is 0.154. The Kier molecular flexibility index (Phi) is 4.73. The molecule has 0 amide bonds. The predicted octanol–water partition coefficient (Wildman–Crippen LogP) is 3.01. The van der Waals surface area contributed by atoms with Crippen LogP contribution >= 0.6 is 23.2 Å². The molecule has 5 nitrogen and oxygen atoms in total. The summed E-state index contributed by atoms with van der Waals surface area (Å²) < 4.78 is 27.4. The molecule has 0 aliphatic carbocycles. The van der Waals surface area contributed by atoms with Gasteiger partial charge in [0.1, 0.15) is 4.90 Å². The van der Waals surface area contributed by atoms with Crippen molar-refractivity contribution in [3.63, 3.8) is 0 Å². The summed E-state index contributed by atoms with van der Waals surface area (Å²) in [5, 5.41) is 0.257. The maximum absolute atomic E-state index is 12.4. The molecule has 0 spiro atoms. The van der Waals surface area contributed by atoms with Gasteiger partial charge in [-0.05, 0) is 36.8 Å². The van der Waals surface area contributed by atoms with Gasteiger partial charge in [0.15, 0.2) is 0 Å². The number of aromatic nitrogens is 1. The predicted molar refractivity (Wildman–Crippen MR) is 83.8 cm³/mol. The molecule has 0 aliphatic heterocycles. The molecule has 1 atom stereocenters. The van der Waals surface area contributed by atoms with Gasteiger partial charge in [-0.3, -0.25) is 4.98 Å². The molecule has 0 aliphatic rings. The number of anilines is 1. The normalized spacial score (nSPS) is 13.1. The van der Waals surface area contributed by atoms with Crippen molar-refractivity contribution < 1.29 is 8.42 Å². The minimum Gasteiger partial charge on any atom is -0.398 e. The smallest absolute Gasteiger partial charge is 0.244 e. The van der Waals surface area contributed by atoms with E-state index < -0.39 is 16.1 Å². The molecule has 1 aromatic carbocycles. The minimum atomic E-state index is -3.87. The first-order chi connectivity index (χ1) is 9.81. The van der Waals surface area contributed by atoms with Gasteiger partial charge in [0.05, 0.1) is 10.7 Å². The monoisotopic (exact) mass is 345 g/mol. The Bertz CT molecular complexity index is 728. The van der Waals surface area contributed by atoms with E-state index >= 15 is 0 Å². The summed E-state index contributed by atoms with van der Waals surface area (Å²) in [6, 6.07) is 5.67. The van der Waals surface area contributed by atoms with E-state index in [-0.39, 0.29) is 20.6 Å². The molecule has 0 radical (unpaired) electrons. The summed E-state index contributed by atoms with van der Waals surface area (Å²) in [5.74, 6) is 0. The summed E-state index contributed by atoms with van der Waals surface area (Å²) in [6.07, 6.45) is 3.17. The average molecular weight is 346 g/mol. The van der Waals surface area contributed by atoms with E-state index in [1.54, 1.807) is 31.5 Å². The minimum absolute atomic E-state index is 0.00179. The summed E-state index contributed by atoms with van der Waals surface area (Å²) in [5.41, 5.74) is 6.50. The highest BCUT2D eigenvalue weighted by Crippen LogP contribution is 2.31. The van der Waals surface area contributed by atoms with Crippen molar-refractivity contribution >= 4 is 38.9 Å². The van der Waals surface area contributed by atoms with Gasteiger partial charge >= 0.3 is 0 Å². The largest absolute Gasteiger partial charge is 0.398 e. The fourth-order valence-corrected chi connectivity index (χ4v) is 4.09. The molecule has 2 rings (SSSR count). The maximum Gasteiger partial charge on any atom is 0.244 e. The van der Waals surface area contributed by atoms with Crippen molar-refractivity contribution in [2.75, 3.05) is 5.73 Å². The third kappa shape index (κ3) is 3.65. The maximum atomic E-state index is 12.4. The zero-order valence-corrected chi connectivity index (χ0v) is 13.4. The molecule has 1 heterocycles. The van der Waals surface area contributed by atoms with Crippen molar-refractivity contribution in [2.24, 2.45) is 0 Å². The first kappa shape index (κ1) is 16.0. The van der Waals surface area contributed by atoms with Gasteiger partial charge in [-0.15, -0.1) is 0 Å². The molecule has 0 bridgehead atoms. The molecule has 21 heavy (non-hydrogen) atoms. The van der Waals surface area contributed by atoms with Crippen molar-refractivity contribution in [3.8, 4) is 0 Å². The van der Waals surface area contributed by atoms with E-state index in [0.29, 0.717) is 0 Å². The number of benzene rings is 1. The second-order valence-electron chi connectivity index (χ2n) is 4.43. The van der Waals surface area contributed by atoms with Gasteiger partial charge in [0.25, 0.3) is 0 Å². The van der Waals surface area contributed by atoms with Crippen LogP contribution in [-0.4, -0.2) is 13.4 Å². The van der Waals surface area contributed by atoms with E-state index in [9.17, 15) is 8.42 Å². The van der Waals surface area contributed by atoms with E-state index in [2.05, 4.69) is 9.71 Å². The Morgan fingerprint density at radius 1 is 1.24 bits per heavy atom. The van der Waals surface area contributed by atoms with Crippen LogP contribution in [0.4, 0.5) is 5.69 Å². The number of pyridine rings is 1. The zero-order valence-electron chi connectivity index (χ0n) is 11.0. The molecular formula is C13H13Cl2N3O2S. The van der Waals surface area contributed by atoms with Gasteiger partial charge in [0, 0.05) is 23.5 Å². The Balaban J connectivity index is 2.36. The van der Waals surface area contributed by atoms with Crippen LogP contribution in [0.3, 0.4) is 0 Å². The van der Waals surface area contributed by atoms with Crippen LogP contribution < -0.4 is 10.5 Å². The van der Waals surface area contributed by atoms with E-state index in [4.69, 9.17) is 28.9 Å². The molecule has 0 saturated carbocycles. The molecular weight excluding hydrogens is 333 g/mol. The SMILES string of the molecule is CC(NS(=O)(=O)c1c(N)cc(Cl)cc1Cl)c1ccncc1. The summed E-state index contributed by atoms with van der Waals surface area (Å²) in [4.78, 5) is 3.72. The second kappa shape index (κ2) is 6.19. The van der Waals surface area contributed by atoms with Crippen molar-refractivity contribution in [2.45, 2.75) is 17.9 Å². The van der Waals surface area contributed by atoms with Crippen LogP contribution in [0.1, 0.15) is 18.5 Å². The summed E-state index contributed by atoms with van der Waals surface area (Å²) >= 11 is 11.7. The number of nitrogens with one attached hydrogen (secondary N) is 1. The molecule has 112 valence electrons. The van der Waals surface area contributed by atoms with Crippen LogP contribution in [0, 0.1) is 0 Å². The third-order valence-corrected chi connectivity index (χ3v) is 5.13. The van der Waals surface area contributed by atoms with Crippen molar-refractivity contribution in [3.05, 3.63) is 52.3 Å². The lowest BCUT2D eigenvalue weighted by Gasteiger charge is -2.16. The molecule has 1 aromatic heterocycles. The van der Waals surface area contributed by atoms with Gasteiger partial charge in [-0.25, -0.2) is 13.1 Å². The average Bonchev–Trinajstić information content (AvgIpc) is 2.37. The van der Waals surface area contributed by atoms with Gasteiger partial charge in [-0.1, -0.05) is 23.2 Å². The molecule has 1 unspecified atom stereocenters. The van der Waals surface area contributed by atoms with Crippen LogP contribution in [0.5, 0.6) is 0 Å². The van der Waals surface area contributed by atoms with Crippen LogP contribution in [-0.2, 0) is 10.0 Å². The zero-order chi connectivity index (χ0) is 15.6. The van der Waals surface area contributed by atoms with E-state index in [1.807, 2.05) is 0 Å². The van der Waals surface area contributed by atoms with Crippen molar-refractivity contribution in [1.29, 1.82) is 0 Å². The van der Waals surface area contributed by atoms with Crippen LogP contribution in [0.25, 0.3) is 0 Å². The molecule has 0 fully saturated rings. The molecule has 0 saturated heterocycles. The Morgan fingerprint density at radius 2 is 1.86 bits per heavy atom. The summed E-state index contributed by atoms with van der Waals surface area (Å²) in [6.45, 7) is 1.72. The molecule has 3 N–H and O–H groups in total. The first-order valence-electron chi connectivity index (χ1n) is 5.98. The number of halogens is 2. The Morgan fingerprint density at radius 3 is 2.43 bits per heavy atom. The number of nitrogen functional groups attached to an aromatic ring is 1. The molecule has 8 heteroatoms. The van der Waals surface area contributed by atoms with E-state index in [0.717, 1.165) is 5.56 Å². The van der Waals surface area contributed by atoms with Crippen molar-refractivity contribution in [1.82, 2.24) is 9.71 Å². The topological polar surface area (TPSA) is 85.1 Å². The van der Waals surface area contributed by atoms with Gasteiger partial charge < -0.3 is 5.73 Å². The summed E-state index contributed by atoms with van der Waals surface area (Å²) in [7, 11) is -3.87. The van der Waals surface area contributed by atoms with Gasteiger partial charge in [-0.2, -0.15) is 0 Å². The first-order valence-corrected chi connectivity index (χ1v) is 8.22. The lowest BCUT2D eigenvalue weighted by atomic mass is 10.1. The van der Waals surface area contributed by atoms with Gasteiger partial charge in [0.2, 0.25) is 10.0 Å². The Hall–Kier alpha value is -1.34. The number of rotatable bonds is 4. The third-order valence-electron chi connectivity index (χ3n) is 2.84. The highest BCUT2D eigenvalue weighted by Gasteiger charge is 2.24. The number of nitrogens with zero attached hydrogens (tertiary/aromatic N) is 1. The fourth-order valence-electron chi connectivity index (χ4n) is 1.88. The lowest BCUT2D eigenvalue weighted by molar-refractivity contribution is 0.567. The second-order valence-corrected chi connectivity index (χ2v) is 6.92. The standard InChI is InChI=1S/C13H13Cl2N3O2S/c1-8(9-2-4-17-5-3-9)18-21(19,20)13-11(15)6-10(14)7-12(13)16/h2-8,18H,16H2,1H3. The van der Waals surface area contributed by atoms with E-state index in [1.165, 1.54) is 12.1 Å². The number of sulfonamides is 1. The molecule has 2 aromatic rings. The lowest BCUT2D eigenvalue weighted by Crippen LogP contribution is -2.27. The number of hydrogen-bond donors (Lipinski definition) is 2. The Labute approximate surface area is 133 Å². The highest BCUT2D eigenvalue weighted by atomic mass is 35.5. The number of nitrogens with two attached hydrogens (primary N) is 1. The van der Waals surface area contributed by atoms with Crippen LogP contribution in [0.2, 0.25) is 10.0 Å². The highest BCUT2D eigenvalue weighted by molar-refractivity contribution is 7.89.